The van der Waals surface area contributed by atoms with Crippen LogP contribution in [-0.2, 0) is 9.63 Å². The predicted molar refractivity (Wildman–Crippen MR) is 135 cm³/mol. The summed E-state index contributed by atoms with van der Waals surface area (Å²) in [5.41, 5.74) is 8.34. The Morgan fingerprint density at radius 3 is 2.51 bits per heavy atom. The van der Waals surface area contributed by atoms with E-state index in [2.05, 4.69) is 36.8 Å². The highest BCUT2D eigenvalue weighted by Gasteiger charge is 2.25. The molecule has 184 valence electrons. The molecule has 0 saturated heterocycles. The van der Waals surface area contributed by atoms with Gasteiger partial charge in [-0.1, -0.05) is 37.0 Å². The molecule has 0 aliphatic heterocycles. The molecule has 1 unspecified atom stereocenters. The van der Waals surface area contributed by atoms with E-state index in [4.69, 9.17) is 33.8 Å². The molecule has 2 heterocycles. The number of halogens is 3. The molecule has 0 radical (unpaired) electrons. The Morgan fingerprint density at radius 1 is 1.17 bits per heavy atom. The second-order valence-corrected chi connectivity index (χ2v) is 9.44. The maximum Gasteiger partial charge on any atom is 0.277 e. The van der Waals surface area contributed by atoms with Crippen molar-refractivity contribution in [3.05, 3.63) is 68.0 Å². The van der Waals surface area contributed by atoms with Crippen molar-refractivity contribution >= 4 is 62.5 Å². The topological polar surface area (TPSA) is 141 Å². The molecule has 4 N–H and O–H groups in total. The number of aromatic nitrogens is 3. The van der Waals surface area contributed by atoms with Gasteiger partial charge in [0.15, 0.2) is 11.9 Å². The van der Waals surface area contributed by atoms with Crippen molar-refractivity contribution in [3.63, 3.8) is 0 Å². The van der Waals surface area contributed by atoms with E-state index in [1.165, 1.54) is 23.0 Å². The summed E-state index contributed by atoms with van der Waals surface area (Å²) in [6.07, 6.45) is 0.466. The molecule has 2 aromatic heterocycles. The summed E-state index contributed by atoms with van der Waals surface area (Å²) in [7, 11) is 0. The molecule has 0 bridgehead atoms. The van der Waals surface area contributed by atoms with Crippen molar-refractivity contribution in [2.45, 2.75) is 26.9 Å². The lowest BCUT2D eigenvalue weighted by Crippen LogP contribution is -2.41. The minimum absolute atomic E-state index is 0.0105. The number of hydrogen-bond donors (Lipinski definition) is 3. The molecule has 3 amide bonds. The Morgan fingerprint density at radius 2 is 1.89 bits per heavy atom. The number of anilines is 1. The standard InChI is InChI=1S/C22H21BrCl2N6O4/c1-10(2)18(19(26)32)35-30-21(33)13-8-12(24)7-11(3)17(13)28-22(34)15-9-16(23)29-31(15)20-14(25)5-4-6-27-20/h4-10,18H,1-3H3,(H2,26,32)(H,28,34)(H,30,33). The van der Waals surface area contributed by atoms with Crippen molar-refractivity contribution in [1.82, 2.24) is 20.2 Å². The van der Waals surface area contributed by atoms with Crippen LogP contribution in [0, 0.1) is 12.8 Å². The summed E-state index contributed by atoms with van der Waals surface area (Å²) in [5.74, 6) is -2.11. The van der Waals surface area contributed by atoms with Gasteiger partial charge in [-0.2, -0.15) is 5.10 Å². The van der Waals surface area contributed by atoms with Gasteiger partial charge < -0.3 is 11.1 Å². The van der Waals surface area contributed by atoms with Crippen molar-refractivity contribution in [1.29, 1.82) is 0 Å². The van der Waals surface area contributed by atoms with Crippen molar-refractivity contribution in [2.75, 3.05) is 5.32 Å². The third kappa shape index (κ3) is 6.17. The molecule has 10 nitrogen and oxygen atoms in total. The van der Waals surface area contributed by atoms with Gasteiger partial charge in [0, 0.05) is 17.3 Å². The summed E-state index contributed by atoms with van der Waals surface area (Å²) >= 11 is 15.7. The lowest BCUT2D eigenvalue weighted by atomic mass is 10.1. The molecular weight excluding hydrogens is 563 g/mol. The number of benzene rings is 1. The largest absolute Gasteiger partial charge is 0.367 e. The van der Waals surface area contributed by atoms with Crippen molar-refractivity contribution < 1.29 is 19.2 Å². The van der Waals surface area contributed by atoms with Gasteiger partial charge in [-0.05, 0) is 58.6 Å². The number of aryl methyl sites for hydroxylation is 1. The maximum atomic E-state index is 13.3. The number of nitrogens with two attached hydrogens (primary N) is 1. The number of primary amides is 1. The molecule has 0 saturated carbocycles. The molecule has 3 aromatic rings. The van der Waals surface area contributed by atoms with Crippen LogP contribution in [-0.4, -0.2) is 38.6 Å². The first-order valence-corrected chi connectivity index (χ1v) is 11.8. The quantitative estimate of drug-likeness (QED) is 0.341. The molecule has 1 aromatic carbocycles. The molecule has 1 atom stereocenters. The fourth-order valence-electron chi connectivity index (χ4n) is 3.17. The number of pyridine rings is 1. The minimum atomic E-state index is -1.05. The molecule has 13 heteroatoms. The van der Waals surface area contributed by atoms with Gasteiger partial charge in [0.2, 0.25) is 5.91 Å². The van der Waals surface area contributed by atoms with E-state index in [-0.39, 0.29) is 38.7 Å². The number of amides is 3. The second-order valence-electron chi connectivity index (χ2n) is 7.79. The van der Waals surface area contributed by atoms with Gasteiger partial charge in [0.25, 0.3) is 11.8 Å². The van der Waals surface area contributed by atoms with E-state index in [1.54, 1.807) is 39.0 Å². The highest BCUT2D eigenvalue weighted by molar-refractivity contribution is 9.10. The van der Waals surface area contributed by atoms with Crippen molar-refractivity contribution in [3.8, 4) is 5.82 Å². The van der Waals surface area contributed by atoms with Crippen LogP contribution in [0.1, 0.15) is 40.3 Å². The molecular formula is C22H21BrCl2N6O4. The van der Waals surface area contributed by atoms with E-state index in [1.807, 2.05) is 0 Å². The lowest BCUT2D eigenvalue weighted by Gasteiger charge is -2.19. The van der Waals surface area contributed by atoms with Gasteiger partial charge in [-0.15, -0.1) is 0 Å². The second kappa shape index (κ2) is 11.2. The molecule has 0 aliphatic rings. The van der Waals surface area contributed by atoms with Crippen LogP contribution in [0.25, 0.3) is 5.82 Å². The molecule has 35 heavy (non-hydrogen) atoms. The van der Waals surface area contributed by atoms with E-state index >= 15 is 0 Å². The smallest absolute Gasteiger partial charge is 0.277 e. The van der Waals surface area contributed by atoms with Gasteiger partial charge >= 0.3 is 0 Å². The number of rotatable bonds is 8. The summed E-state index contributed by atoms with van der Waals surface area (Å²) in [5, 5.41) is 7.50. The van der Waals surface area contributed by atoms with Crippen molar-refractivity contribution in [2.24, 2.45) is 11.7 Å². The first-order valence-electron chi connectivity index (χ1n) is 10.2. The Bertz CT molecular complexity index is 1300. The van der Waals surface area contributed by atoms with Gasteiger partial charge in [0.1, 0.15) is 10.3 Å². The number of carbonyl (C=O) groups is 3. The fraction of sp³-hybridized carbons (Fsp3) is 0.227. The van der Waals surface area contributed by atoms with Crippen LogP contribution < -0.4 is 16.5 Å². The highest BCUT2D eigenvalue weighted by atomic mass is 79.9. The van der Waals surface area contributed by atoms with Crippen LogP contribution in [0.5, 0.6) is 0 Å². The molecule has 3 rings (SSSR count). The molecule has 0 aliphatic carbocycles. The van der Waals surface area contributed by atoms with Crippen LogP contribution >= 0.6 is 39.1 Å². The number of hydroxylamine groups is 1. The Balaban J connectivity index is 1.93. The highest BCUT2D eigenvalue weighted by Crippen LogP contribution is 2.28. The molecule has 0 fully saturated rings. The summed E-state index contributed by atoms with van der Waals surface area (Å²) < 4.78 is 1.64. The first kappa shape index (κ1) is 26.6. The van der Waals surface area contributed by atoms with Crippen LogP contribution in [0.4, 0.5) is 5.69 Å². The van der Waals surface area contributed by atoms with E-state index in [9.17, 15) is 14.4 Å². The number of nitrogens with one attached hydrogen (secondary N) is 2. The average molecular weight is 584 g/mol. The van der Waals surface area contributed by atoms with Gasteiger partial charge in [-0.25, -0.2) is 15.1 Å². The van der Waals surface area contributed by atoms with Gasteiger partial charge in [0.05, 0.1) is 16.3 Å². The summed E-state index contributed by atoms with van der Waals surface area (Å²) in [6.45, 7) is 5.10. The third-order valence-electron chi connectivity index (χ3n) is 4.80. The fourth-order valence-corrected chi connectivity index (χ4v) is 4.02. The number of nitrogens with zero attached hydrogens (tertiary/aromatic N) is 3. The zero-order valence-corrected chi connectivity index (χ0v) is 21.9. The van der Waals surface area contributed by atoms with Crippen LogP contribution in [0.15, 0.2) is 41.1 Å². The minimum Gasteiger partial charge on any atom is -0.367 e. The zero-order valence-electron chi connectivity index (χ0n) is 18.8. The molecule has 0 spiro atoms. The van der Waals surface area contributed by atoms with Crippen LogP contribution in [0.3, 0.4) is 0 Å². The lowest BCUT2D eigenvalue weighted by molar-refractivity contribution is -0.136. The maximum absolute atomic E-state index is 13.3. The first-order chi connectivity index (χ1) is 16.5. The van der Waals surface area contributed by atoms with E-state index in [0.29, 0.717) is 10.2 Å². The number of carbonyl (C=O) groups excluding carboxylic acids is 3. The monoisotopic (exact) mass is 582 g/mol. The average Bonchev–Trinajstić information content (AvgIpc) is 3.16. The Hall–Kier alpha value is -2.99. The summed E-state index contributed by atoms with van der Waals surface area (Å²) in [6, 6.07) is 7.69. The van der Waals surface area contributed by atoms with Gasteiger partial charge in [-0.3, -0.25) is 19.2 Å². The SMILES string of the molecule is Cc1cc(Cl)cc(C(=O)NOC(C(N)=O)C(C)C)c1NC(=O)c1cc(Br)nn1-c1ncccc1Cl. The normalized spacial score (nSPS) is 11.9. The Labute approximate surface area is 219 Å². The zero-order chi connectivity index (χ0) is 25.9. The van der Waals surface area contributed by atoms with E-state index in [0.717, 1.165) is 0 Å². The predicted octanol–water partition coefficient (Wildman–Crippen LogP) is 4.07. The summed E-state index contributed by atoms with van der Waals surface area (Å²) in [4.78, 5) is 47.2. The number of hydrogen-bond acceptors (Lipinski definition) is 6. The van der Waals surface area contributed by atoms with E-state index < -0.39 is 23.8 Å². The third-order valence-corrected chi connectivity index (χ3v) is 5.70. The Kier molecular flexibility index (Phi) is 8.49. The van der Waals surface area contributed by atoms with Crippen LogP contribution in [0.2, 0.25) is 10.0 Å².